The van der Waals surface area contributed by atoms with Gasteiger partial charge in [-0.15, -0.1) is 11.3 Å². The molecule has 1 unspecified atom stereocenters. The van der Waals surface area contributed by atoms with Crippen molar-refractivity contribution in [1.82, 2.24) is 10.3 Å². The van der Waals surface area contributed by atoms with E-state index in [1.807, 2.05) is 6.20 Å². The van der Waals surface area contributed by atoms with Crippen LogP contribution >= 0.6 is 11.3 Å². The zero-order valence-electron chi connectivity index (χ0n) is 11.9. The van der Waals surface area contributed by atoms with E-state index in [4.69, 9.17) is 0 Å². The van der Waals surface area contributed by atoms with Gasteiger partial charge in [0, 0.05) is 23.7 Å². The van der Waals surface area contributed by atoms with Crippen LogP contribution in [-0.4, -0.2) is 4.98 Å². The summed E-state index contributed by atoms with van der Waals surface area (Å²) in [4.78, 5) is 5.79. The standard InChI is InChI=1S/C16H22N2S/c1-4-13-6-8-14(9-7-13)12(3)17-11-16-18-10-15(5-2)19-16/h6-10,12,17H,4-5,11H2,1-3H3. The van der Waals surface area contributed by atoms with E-state index in [-0.39, 0.29) is 0 Å². The molecule has 1 heterocycles. The largest absolute Gasteiger partial charge is 0.304 e. The molecule has 2 nitrogen and oxygen atoms in total. The molecule has 0 spiro atoms. The van der Waals surface area contributed by atoms with Crippen LogP contribution in [0.4, 0.5) is 0 Å². The first-order chi connectivity index (χ1) is 9.22. The first-order valence-electron chi connectivity index (χ1n) is 6.98. The predicted octanol–water partition coefficient (Wildman–Crippen LogP) is 4.12. The van der Waals surface area contributed by atoms with Crippen LogP contribution in [-0.2, 0) is 19.4 Å². The van der Waals surface area contributed by atoms with Crippen molar-refractivity contribution in [2.24, 2.45) is 0 Å². The zero-order valence-corrected chi connectivity index (χ0v) is 12.8. The van der Waals surface area contributed by atoms with E-state index in [2.05, 4.69) is 55.3 Å². The summed E-state index contributed by atoms with van der Waals surface area (Å²) in [5.41, 5.74) is 2.73. The third kappa shape index (κ3) is 3.88. The molecule has 0 fully saturated rings. The van der Waals surface area contributed by atoms with Crippen molar-refractivity contribution in [3.8, 4) is 0 Å². The van der Waals surface area contributed by atoms with E-state index in [1.165, 1.54) is 21.0 Å². The normalized spacial score (nSPS) is 12.6. The smallest absolute Gasteiger partial charge is 0.107 e. The molecule has 0 bridgehead atoms. The molecule has 2 rings (SSSR count). The van der Waals surface area contributed by atoms with Crippen LogP contribution in [0.3, 0.4) is 0 Å². The summed E-state index contributed by atoms with van der Waals surface area (Å²) >= 11 is 1.80. The van der Waals surface area contributed by atoms with Gasteiger partial charge in [-0.25, -0.2) is 4.98 Å². The van der Waals surface area contributed by atoms with Crippen molar-refractivity contribution in [3.63, 3.8) is 0 Å². The van der Waals surface area contributed by atoms with Gasteiger partial charge in [-0.05, 0) is 30.9 Å². The molecule has 2 aromatic rings. The van der Waals surface area contributed by atoms with Crippen molar-refractivity contribution in [1.29, 1.82) is 0 Å². The average Bonchev–Trinajstić information content (AvgIpc) is 2.93. The van der Waals surface area contributed by atoms with E-state index in [1.54, 1.807) is 11.3 Å². The molecule has 0 amide bonds. The highest BCUT2D eigenvalue weighted by atomic mass is 32.1. The Morgan fingerprint density at radius 3 is 2.47 bits per heavy atom. The Bertz CT molecular complexity index is 502. The van der Waals surface area contributed by atoms with E-state index in [0.717, 1.165) is 19.4 Å². The number of rotatable bonds is 6. The summed E-state index contributed by atoms with van der Waals surface area (Å²) in [6.45, 7) is 7.41. The Morgan fingerprint density at radius 1 is 1.16 bits per heavy atom. The Balaban J connectivity index is 1.90. The fourth-order valence-electron chi connectivity index (χ4n) is 1.99. The van der Waals surface area contributed by atoms with Crippen LogP contribution in [0.2, 0.25) is 0 Å². The van der Waals surface area contributed by atoms with Gasteiger partial charge in [0.25, 0.3) is 0 Å². The highest BCUT2D eigenvalue weighted by Gasteiger charge is 2.06. The Kier molecular flexibility index (Phi) is 5.11. The average molecular weight is 274 g/mol. The summed E-state index contributed by atoms with van der Waals surface area (Å²) < 4.78 is 0. The SMILES string of the molecule is CCc1ccc(C(C)NCc2ncc(CC)s2)cc1. The maximum absolute atomic E-state index is 4.44. The molecule has 1 N–H and O–H groups in total. The van der Waals surface area contributed by atoms with Gasteiger partial charge in [-0.2, -0.15) is 0 Å². The van der Waals surface area contributed by atoms with Crippen molar-refractivity contribution in [3.05, 3.63) is 51.5 Å². The molecular weight excluding hydrogens is 252 g/mol. The molecule has 0 saturated heterocycles. The molecule has 1 aromatic carbocycles. The third-order valence-corrected chi connectivity index (χ3v) is 4.54. The highest BCUT2D eigenvalue weighted by molar-refractivity contribution is 7.11. The number of thiazole rings is 1. The first-order valence-corrected chi connectivity index (χ1v) is 7.80. The second kappa shape index (κ2) is 6.83. The molecule has 1 aromatic heterocycles. The van der Waals surface area contributed by atoms with Gasteiger partial charge in [0.2, 0.25) is 0 Å². The molecule has 0 radical (unpaired) electrons. The lowest BCUT2D eigenvalue weighted by molar-refractivity contribution is 0.573. The lowest BCUT2D eigenvalue weighted by Crippen LogP contribution is -2.17. The summed E-state index contributed by atoms with van der Waals surface area (Å²) in [6.07, 6.45) is 4.16. The van der Waals surface area contributed by atoms with Gasteiger partial charge in [-0.3, -0.25) is 0 Å². The lowest BCUT2D eigenvalue weighted by Gasteiger charge is -2.13. The molecule has 0 aliphatic rings. The van der Waals surface area contributed by atoms with Crippen LogP contribution in [0, 0.1) is 0 Å². The molecule has 0 saturated carbocycles. The van der Waals surface area contributed by atoms with Crippen LogP contribution in [0.1, 0.15) is 47.8 Å². The van der Waals surface area contributed by atoms with E-state index in [9.17, 15) is 0 Å². The van der Waals surface area contributed by atoms with Gasteiger partial charge in [-0.1, -0.05) is 38.1 Å². The van der Waals surface area contributed by atoms with E-state index < -0.39 is 0 Å². The van der Waals surface area contributed by atoms with E-state index in [0.29, 0.717) is 6.04 Å². The molecular formula is C16H22N2S. The molecule has 0 aliphatic carbocycles. The Hall–Kier alpha value is -1.19. The predicted molar refractivity (Wildman–Crippen MR) is 82.6 cm³/mol. The molecule has 3 heteroatoms. The number of benzene rings is 1. The van der Waals surface area contributed by atoms with Crippen LogP contribution in [0.5, 0.6) is 0 Å². The minimum absolute atomic E-state index is 0.361. The third-order valence-electron chi connectivity index (χ3n) is 3.40. The number of aromatic nitrogens is 1. The zero-order chi connectivity index (χ0) is 13.7. The molecule has 0 aliphatic heterocycles. The molecule has 19 heavy (non-hydrogen) atoms. The van der Waals surface area contributed by atoms with Gasteiger partial charge >= 0.3 is 0 Å². The monoisotopic (exact) mass is 274 g/mol. The Labute approximate surface area is 119 Å². The summed E-state index contributed by atoms with van der Waals surface area (Å²) in [6, 6.07) is 9.23. The molecule has 1 atom stereocenters. The second-order valence-electron chi connectivity index (χ2n) is 4.77. The highest BCUT2D eigenvalue weighted by Crippen LogP contribution is 2.17. The van der Waals surface area contributed by atoms with Gasteiger partial charge in [0.1, 0.15) is 5.01 Å². The van der Waals surface area contributed by atoms with Crippen molar-refractivity contribution in [2.45, 2.75) is 46.2 Å². The quantitative estimate of drug-likeness (QED) is 0.857. The Morgan fingerprint density at radius 2 is 1.89 bits per heavy atom. The minimum atomic E-state index is 0.361. The maximum atomic E-state index is 4.44. The van der Waals surface area contributed by atoms with Crippen molar-refractivity contribution < 1.29 is 0 Å². The van der Waals surface area contributed by atoms with E-state index >= 15 is 0 Å². The minimum Gasteiger partial charge on any atom is -0.304 e. The van der Waals surface area contributed by atoms with Crippen LogP contribution in [0.25, 0.3) is 0 Å². The lowest BCUT2D eigenvalue weighted by atomic mass is 10.1. The van der Waals surface area contributed by atoms with Crippen LogP contribution < -0.4 is 5.32 Å². The van der Waals surface area contributed by atoms with Gasteiger partial charge in [0.15, 0.2) is 0 Å². The number of nitrogens with one attached hydrogen (secondary N) is 1. The van der Waals surface area contributed by atoms with Gasteiger partial charge < -0.3 is 5.32 Å². The first kappa shape index (κ1) is 14.2. The fraction of sp³-hybridized carbons (Fsp3) is 0.438. The number of nitrogens with zero attached hydrogens (tertiary/aromatic N) is 1. The summed E-state index contributed by atoms with van der Waals surface area (Å²) in [5, 5.41) is 4.71. The van der Waals surface area contributed by atoms with Gasteiger partial charge in [0.05, 0.1) is 0 Å². The number of hydrogen-bond acceptors (Lipinski definition) is 3. The fourth-order valence-corrected chi connectivity index (χ4v) is 2.81. The summed E-state index contributed by atoms with van der Waals surface area (Å²) in [7, 11) is 0. The molecule has 102 valence electrons. The van der Waals surface area contributed by atoms with Crippen molar-refractivity contribution >= 4 is 11.3 Å². The number of hydrogen-bond donors (Lipinski definition) is 1. The number of aryl methyl sites for hydroxylation is 2. The van der Waals surface area contributed by atoms with Crippen molar-refractivity contribution in [2.75, 3.05) is 0 Å². The second-order valence-corrected chi connectivity index (χ2v) is 5.97. The van der Waals surface area contributed by atoms with Crippen LogP contribution in [0.15, 0.2) is 30.5 Å². The topological polar surface area (TPSA) is 24.9 Å². The maximum Gasteiger partial charge on any atom is 0.107 e. The summed E-state index contributed by atoms with van der Waals surface area (Å²) in [5.74, 6) is 0.